The quantitative estimate of drug-likeness (QED) is 0.530. The Labute approximate surface area is 142 Å². The molecule has 0 N–H and O–H groups in total. The van der Waals surface area contributed by atoms with E-state index in [0.717, 1.165) is 0 Å². The van der Waals surface area contributed by atoms with Gasteiger partial charge >= 0.3 is 0 Å². The van der Waals surface area contributed by atoms with Gasteiger partial charge in [-0.15, -0.1) is 6.58 Å². The second kappa shape index (κ2) is 4.83. The molecule has 0 bridgehead atoms. The van der Waals surface area contributed by atoms with Crippen molar-refractivity contribution < 1.29 is 14.3 Å². The lowest BCUT2D eigenvalue weighted by atomic mass is 10.0. The van der Waals surface area contributed by atoms with E-state index in [4.69, 9.17) is 9.47 Å². The Bertz CT molecular complexity index is 1160. The lowest BCUT2D eigenvalue weighted by molar-refractivity contribution is 0.104. The predicted molar refractivity (Wildman–Crippen MR) is 93.4 cm³/mol. The van der Waals surface area contributed by atoms with Crippen molar-refractivity contribution >= 4 is 16.6 Å². The summed E-state index contributed by atoms with van der Waals surface area (Å²) in [7, 11) is 0. The first kappa shape index (κ1) is 14.0. The van der Waals surface area contributed by atoms with Gasteiger partial charge in [0.25, 0.3) is 5.56 Å². The number of benzene rings is 2. The fraction of sp³-hybridized carbons (Fsp3) is 0.100. The van der Waals surface area contributed by atoms with Gasteiger partial charge in [0, 0.05) is 28.4 Å². The molecular formula is C20H13NO4. The van der Waals surface area contributed by atoms with E-state index in [0.29, 0.717) is 51.2 Å². The fourth-order valence-corrected chi connectivity index (χ4v) is 3.67. The van der Waals surface area contributed by atoms with Crippen molar-refractivity contribution in [2.24, 2.45) is 0 Å². The summed E-state index contributed by atoms with van der Waals surface area (Å²) >= 11 is 0. The zero-order chi connectivity index (χ0) is 17.1. The Hall–Kier alpha value is -3.34. The molecular weight excluding hydrogens is 318 g/mol. The lowest BCUT2D eigenvalue weighted by Gasteiger charge is -2.13. The van der Waals surface area contributed by atoms with Crippen LogP contribution in [0, 0.1) is 0 Å². The largest absolute Gasteiger partial charge is 0.454 e. The Morgan fingerprint density at radius 3 is 2.44 bits per heavy atom. The first-order valence-electron chi connectivity index (χ1n) is 7.96. The zero-order valence-electron chi connectivity index (χ0n) is 13.2. The number of carbonyl (C=O) groups is 1. The van der Waals surface area contributed by atoms with Crippen LogP contribution in [0.3, 0.4) is 0 Å². The van der Waals surface area contributed by atoms with E-state index in [1.807, 2.05) is 12.1 Å². The molecule has 25 heavy (non-hydrogen) atoms. The summed E-state index contributed by atoms with van der Waals surface area (Å²) in [5.41, 5.74) is 2.28. The second-order valence-electron chi connectivity index (χ2n) is 6.05. The van der Waals surface area contributed by atoms with Gasteiger partial charge in [0.1, 0.15) is 0 Å². The molecule has 5 heteroatoms. The Balaban J connectivity index is 1.96. The van der Waals surface area contributed by atoms with Crippen LogP contribution < -0.4 is 15.0 Å². The van der Waals surface area contributed by atoms with E-state index < -0.39 is 0 Å². The number of hydrogen-bond acceptors (Lipinski definition) is 4. The van der Waals surface area contributed by atoms with Crippen LogP contribution in [0.2, 0.25) is 0 Å². The molecule has 3 aromatic rings. The van der Waals surface area contributed by atoms with Crippen LogP contribution in [-0.2, 0) is 6.54 Å². The van der Waals surface area contributed by atoms with Crippen molar-refractivity contribution in [3.05, 3.63) is 70.5 Å². The minimum atomic E-state index is -0.132. The Morgan fingerprint density at radius 2 is 1.72 bits per heavy atom. The monoisotopic (exact) mass is 331 g/mol. The van der Waals surface area contributed by atoms with Crippen molar-refractivity contribution in [1.82, 2.24) is 4.57 Å². The van der Waals surface area contributed by atoms with Gasteiger partial charge in [-0.1, -0.05) is 24.3 Å². The lowest BCUT2D eigenvalue weighted by Crippen LogP contribution is -2.22. The van der Waals surface area contributed by atoms with E-state index >= 15 is 0 Å². The number of nitrogens with zero attached hydrogens (tertiary/aromatic N) is 1. The average molecular weight is 331 g/mol. The van der Waals surface area contributed by atoms with Gasteiger partial charge in [-0.05, 0) is 18.2 Å². The number of pyridine rings is 1. The van der Waals surface area contributed by atoms with Crippen LogP contribution >= 0.6 is 0 Å². The molecule has 5 rings (SSSR count). The molecule has 5 nitrogen and oxygen atoms in total. The van der Waals surface area contributed by atoms with E-state index in [9.17, 15) is 9.59 Å². The number of fused-ring (bicyclic) bond motifs is 6. The number of hydrogen-bond donors (Lipinski definition) is 0. The first-order chi connectivity index (χ1) is 12.2. The van der Waals surface area contributed by atoms with Gasteiger partial charge < -0.3 is 14.0 Å². The molecule has 0 saturated heterocycles. The van der Waals surface area contributed by atoms with Gasteiger partial charge in [0.15, 0.2) is 17.3 Å². The Kier molecular flexibility index (Phi) is 2.71. The predicted octanol–water partition coefficient (Wildman–Crippen LogP) is 3.13. The summed E-state index contributed by atoms with van der Waals surface area (Å²) in [6.07, 6.45) is 1.66. The molecule has 0 unspecified atom stereocenters. The minimum absolute atomic E-state index is 0.0997. The number of ketones is 1. The molecule has 1 aliphatic heterocycles. The molecule has 0 fully saturated rings. The maximum absolute atomic E-state index is 13.1. The third-order valence-corrected chi connectivity index (χ3v) is 4.73. The molecule has 1 aliphatic carbocycles. The summed E-state index contributed by atoms with van der Waals surface area (Å²) in [4.78, 5) is 26.1. The molecule has 1 aromatic heterocycles. The first-order valence-corrected chi connectivity index (χ1v) is 7.96. The Morgan fingerprint density at radius 1 is 1.04 bits per heavy atom. The topological polar surface area (TPSA) is 57.5 Å². The summed E-state index contributed by atoms with van der Waals surface area (Å²) < 4.78 is 12.5. The smallest absolute Gasteiger partial charge is 0.259 e. The number of rotatable bonds is 2. The molecule has 2 aromatic carbocycles. The van der Waals surface area contributed by atoms with E-state index in [-0.39, 0.29) is 18.1 Å². The molecule has 2 heterocycles. The van der Waals surface area contributed by atoms with E-state index in [1.165, 1.54) is 0 Å². The second-order valence-corrected chi connectivity index (χ2v) is 6.05. The average Bonchev–Trinajstić information content (AvgIpc) is 3.20. The van der Waals surface area contributed by atoms with Crippen molar-refractivity contribution in [2.75, 3.05) is 6.79 Å². The zero-order valence-corrected chi connectivity index (χ0v) is 13.2. The summed E-state index contributed by atoms with van der Waals surface area (Å²) in [5, 5.41) is 1.20. The van der Waals surface area contributed by atoms with Crippen molar-refractivity contribution in [3.8, 4) is 22.8 Å². The number of ether oxygens (including phenoxy) is 2. The number of aromatic nitrogens is 1. The van der Waals surface area contributed by atoms with Gasteiger partial charge in [0.2, 0.25) is 6.79 Å². The van der Waals surface area contributed by atoms with Gasteiger partial charge in [-0.2, -0.15) is 0 Å². The fourth-order valence-electron chi connectivity index (χ4n) is 3.67. The molecule has 0 saturated carbocycles. The van der Waals surface area contributed by atoms with Gasteiger partial charge in [-0.3, -0.25) is 9.59 Å². The summed E-state index contributed by atoms with van der Waals surface area (Å²) in [5.74, 6) is 1.05. The molecule has 0 amide bonds. The highest BCUT2D eigenvalue weighted by atomic mass is 16.7. The molecule has 0 radical (unpaired) electrons. The van der Waals surface area contributed by atoms with Crippen LogP contribution in [0.4, 0.5) is 0 Å². The summed E-state index contributed by atoms with van der Waals surface area (Å²) in [6, 6.07) is 10.7. The van der Waals surface area contributed by atoms with Crippen molar-refractivity contribution in [3.63, 3.8) is 0 Å². The van der Waals surface area contributed by atoms with Crippen LogP contribution in [-0.4, -0.2) is 17.1 Å². The van der Waals surface area contributed by atoms with Crippen molar-refractivity contribution in [2.45, 2.75) is 6.54 Å². The third kappa shape index (κ3) is 1.72. The maximum atomic E-state index is 13.1. The van der Waals surface area contributed by atoms with E-state index in [2.05, 4.69) is 6.58 Å². The van der Waals surface area contributed by atoms with Crippen molar-refractivity contribution in [1.29, 1.82) is 0 Å². The van der Waals surface area contributed by atoms with Gasteiger partial charge in [-0.25, -0.2) is 0 Å². The SMILES string of the molecule is C=CCn1c2c(c3ccccc3c1=O)C(=O)c1cc3c(cc1-2)OCO3. The van der Waals surface area contributed by atoms with Crippen LogP contribution in [0.5, 0.6) is 11.5 Å². The van der Waals surface area contributed by atoms with Crippen LogP contribution in [0.25, 0.3) is 22.0 Å². The normalized spacial score (nSPS) is 13.8. The third-order valence-electron chi connectivity index (χ3n) is 4.73. The highest BCUT2D eigenvalue weighted by Gasteiger charge is 2.34. The highest BCUT2D eigenvalue weighted by Crippen LogP contribution is 2.45. The highest BCUT2D eigenvalue weighted by molar-refractivity contribution is 6.27. The van der Waals surface area contributed by atoms with Gasteiger partial charge in [0.05, 0.1) is 11.3 Å². The molecule has 122 valence electrons. The molecule has 0 spiro atoms. The minimum Gasteiger partial charge on any atom is -0.454 e. The number of allylic oxidation sites excluding steroid dienone is 1. The molecule has 0 atom stereocenters. The van der Waals surface area contributed by atoms with Crippen LogP contribution in [0.15, 0.2) is 53.8 Å². The summed E-state index contributed by atoms with van der Waals surface area (Å²) in [6.45, 7) is 4.21. The maximum Gasteiger partial charge on any atom is 0.259 e. The number of carbonyl (C=O) groups excluding carboxylic acids is 1. The standard InChI is InChI=1S/C20H13NO4/c1-2-7-21-18-13-8-15-16(25-10-24-15)9-14(13)19(22)17(18)11-5-3-4-6-12(11)20(21)23/h2-6,8-9H,1,7,10H2. The molecule has 2 aliphatic rings. The van der Waals surface area contributed by atoms with E-state index in [1.54, 1.807) is 34.9 Å². The van der Waals surface area contributed by atoms with Crippen LogP contribution in [0.1, 0.15) is 15.9 Å².